The van der Waals surface area contributed by atoms with Crippen LogP contribution < -0.4 is 5.32 Å². The number of hydrogen-bond acceptors (Lipinski definition) is 4. The van der Waals surface area contributed by atoms with Gasteiger partial charge in [0, 0.05) is 24.2 Å². The minimum absolute atomic E-state index is 0.119. The number of nitrogens with one attached hydrogen (secondary N) is 1. The molecule has 0 saturated carbocycles. The van der Waals surface area contributed by atoms with E-state index in [1.165, 1.54) is 4.88 Å². The third-order valence-electron chi connectivity index (χ3n) is 2.19. The molecular weight excluding hydrogens is 220 g/mol. The summed E-state index contributed by atoms with van der Waals surface area (Å²) in [7, 11) is 0. The van der Waals surface area contributed by atoms with Crippen LogP contribution in [-0.2, 0) is 11.3 Å². The van der Waals surface area contributed by atoms with Gasteiger partial charge in [-0.05, 0) is 26.3 Å². The van der Waals surface area contributed by atoms with E-state index in [9.17, 15) is 0 Å². The highest BCUT2D eigenvalue weighted by Crippen LogP contribution is 2.22. The zero-order valence-corrected chi connectivity index (χ0v) is 11.4. The smallest absolute Gasteiger partial charge is 0.121 e. The maximum atomic E-state index is 5.51. The summed E-state index contributed by atoms with van der Waals surface area (Å²) in [6.45, 7) is 11.2. The van der Waals surface area contributed by atoms with Crippen molar-refractivity contribution in [1.82, 2.24) is 10.3 Å². The number of rotatable bonds is 7. The molecule has 0 aliphatic heterocycles. The number of thiazole rings is 1. The molecule has 0 saturated heterocycles. The monoisotopic (exact) mass is 242 g/mol. The quantitative estimate of drug-likeness (QED) is 0.798. The Morgan fingerprint density at radius 1 is 1.44 bits per heavy atom. The van der Waals surface area contributed by atoms with Gasteiger partial charge >= 0.3 is 0 Å². The van der Waals surface area contributed by atoms with Gasteiger partial charge in [0.15, 0.2) is 0 Å². The van der Waals surface area contributed by atoms with Crippen LogP contribution in [0.1, 0.15) is 43.7 Å². The normalized spacial score (nSPS) is 13.3. The van der Waals surface area contributed by atoms with Crippen molar-refractivity contribution >= 4 is 11.3 Å². The Morgan fingerprint density at radius 2 is 2.19 bits per heavy atom. The molecule has 0 aliphatic rings. The molecule has 0 aliphatic carbocycles. The van der Waals surface area contributed by atoms with Crippen LogP contribution in [0.5, 0.6) is 0 Å². The zero-order valence-electron chi connectivity index (χ0n) is 10.6. The second-order valence-corrected chi connectivity index (χ2v) is 5.43. The van der Waals surface area contributed by atoms with Crippen molar-refractivity contribution in [3.05, 3.63) is 16.1 Å². The highest BCUT2D eigenvalue weighted by Gasteiger charge is 2.09. The second-order valence-electron chi connectivity index (χ2n) is 4.29. The summed E-state index contributed by atoms with van der Waals surface area (Å²) in [4.78, 5) is 5.67. The molecule has 92 valence electrons. The van der Waals surface area contributed by atoms with Gasteiger partial charge in [-0.1, -0.05) is 13.8 Å². The maximum Gasteiger partial charge on any atom is 0.121 e. The van der Waals surface area contributed by atoms with E-state index in [0.717, 1.165) is 24.7 Å². The molecule has 1 rings (SSSR count). The molecule has 1 aromatic rings. The van der Waals surface area contributed by atoms with E-state index < -0.39 is 0 Å². The summed E-state index contributed by atoms with van der Waals surface area (Å²) < 4.78 is 5.51. The molecule has 0 amide bonds. The summed E-state index contributed by atoms with van der Waals surface area (Å²) >= 11 is 1.73. The van der Waals surface area contributed by atoms with Gasteiger partial charge in [0.25, 0.3) is 0 Å². The molecule has 0 aromatic carbocycles. The molecule has 1 unspecified atom stereocenters. The fourth-order valence-electron chi connectivity index (χ4n) is 1.40. The first kappa shape index (κ1) is 13.6. The van der Waals surface area contributed by atoms with Gasteiger partial charge in [-0.25, -0.2) is 4.98 Å². The van der Waals surface area contributed by atoms with E-state index in [2.05, 4.69) is 24.1 Å². The Kier molecular flexibility index (Phi) is 5.95. The lowest BCUT2D eigenvalue weighted by Crippen LogP contribution is -2.18. The Morgan fingerprint density at radius 3 is 2.81 bits per heavy atom. The molecule has 1 aromatic heterocycles. The molecule has 1 N–H and O–H groups in total. The predicted octanol–water partition coefficient (Wildman–Crippen LogP) is 2.99. The minimum atomic E-state index is 0.119. The number of ether oxygens (including phenoxy) is 1. The Labute approximate surface area is 102 Å². The van der Waals surface area contributed by atoms with Crippen LogP contribution in [0.25, 0.3) is 0 Å². The average molecular weight is 242 g/mol. The van der Waals surface area contributed by atoms with Crippen LogP contribution in [0.15, 0.2) is 6.20 Å². The Balaban J connectivity index is 2.39. The molecule has 3 nitrogen and oxygen atoms in total. The standard InChI is InChI=1S/C12H22N2OS/c1-5-15-10(4)12-14-8-11(16-12)7-13-6-9(2)3/h8-10,13H,5-7H2,1-4H3. The maximum absolute atomic E-state index is 5.51. The molecule has 0 fully saturated rings. The fraction of sp³-hybridized carbons (Fsp3) is 0.750. The van der Waals surface area contributed by atoms with Gasteiger partial charge in [-0.15, -0.1) is 11.3 Å². The first-order valence-corrected chi connectivity index (χ1v) is 6.72. The summed E-state index contributed by atoms with van der Waals surface area (Å²) in [6, 6.07) is 0. The van der Waals surface area contributed by atoms with Crippen molar-refractivity contribution in [2.75, 3.05) is 13.2 Å². The Hall–Kier alpha value is -0.450. The van der Waals surface area contributed by atoms with E-state index in [1.807, 2.05) is 20.0 Å². The van der Waals surface area contributed by atoms with E-state index in [0.29, 0.717) is 5.92 Å². The molecule has 0 bridgehead atoms. The van der Waals surface area contributed by atoms with Crippen molar-refractivity contribution in [1.29, 1.82) is 0 Å². The highest BCUT2D eigenvalue weighted by atomic mass is 32.1. The summed E-state index contributed by atoms with van der Waals surface area (Å²) in [6.07, 6.45) is 2.07. The summed E-state index contributed by atoms with van der Waals surface area (Å²) in [5.74, 6) is 0.690. The van der Waals surface area contributed by atoms with Gasteiger partial charge in [-0.3, -0.25) is 0 Å². The topological polar surface area (TPSA) is 34.1 Å². The van der Waals surface area contributed by atoms with E-state index in [-0.39, 0.29) is 6.10 Å². The molecule has 1 atom stereocenters. The van der Waals surface area contributed by atoms with Gasteiger partial charge in [0.05, 0.1) is 0 Å². The number of hydrogen-bond donors (Lipinski definition) is 1. The fourth-order valence-corrected chi connectivity index (χ4v) is 2.29. The second kappa shape index (κ2) is 6.99. The first-order chi connectivity index (χ1) is 7.63. The van der Waals surface area contributed by atoms with Crippen LogP contribution in [0, 0.1) is 5.92 Å². The van der Waals surface area contributed by atoms with Crippen molar-refractivity contribution in [2.45, 2.75) is 40.3 Å². The van der Waals surface area contributed by atoms with Crippen LogP contribution in [-0.4, -0.2) is 18.1 Å². The van der Waals surface area contributed by atoms with Crippen molar-refractivity contribution in [3.63, 3.8) is 0 Å². The van der Waals surface area contributed by atoms with Gasteiger partial charge in [0.1, 0.15) is 11.1 Å². The van der Waals surface area contributed by atoms with E-state index in [1.54, 1.807) is 11.3 Å². The van der Waals surface area contributed by atoms with Crippen LogP contribution in [0.3, 0.4) is 0 Å². The first-order valence-electron chi connectivity index (χ1n) is 5.90. The molecular formula is C12H22N2OS. The predicted molar refractivity (Wildman–Crippen MR) is 68.7 cm³/mol. The average Bonchev–Trinajstić information content (AvgIpc) is 2.66. The van der Waals surface area contributed by atoms with Crippen molar-refractivity contribution in [3.8, 4) is 0 Å². The highest BCUT2D eigenvalue weighted by molar-refractivity contribution is 7.11. The molecule has 0 spiro atoms. The van der Waals surface area contributed by atoms with Gasteiger partial charge in [0.2, 0.25) is 0 Å². The minimum Gasteiger partial charge on any atom is -0.372 e. The lowest BCUT2D eigenvalue weighted by atomic mass is 10.2. The van der Waals surface area contributed by atoms with E-state index in [4.69, 9.17) is 4.74 Å². The van der Waals surface area contributed by atoms with Crippen molar-refractivity contribution in [2.24, 2.45) is 5.92 Å². The molecule has 0 radical (unpaired) electrons. The van der Waals surface area contributed by atoms with Crippen molar-refractivity contribution < 1.29 is 4.74 Å². The van der Waals surface area contributed by atoms with Gasteiger partial charge < -0.3 is 10.1 Å². The van der Waals surface area contributed by atoms with Gasteiger partial charge in [-0.2, -0.15) is 0 Å². The van der Waals surface area contributed by atoms with Crippen LogP contribution in [0.2, 0.25) is 0 Å². The number of aromatic nitrogens is 1. The Bertz CT molecular complexity index is 299. The third kappa shape index (κ3) is 4.60. The molecule has 4 heteroatoms. The lowest BCUT2D eigenvalue weighted by molar-refractivity contribution is 0.0762. The molecule has 16 heavy (non-hydrogen) atoms. The third-order valence-corrected chi connectivity index (χ3v) is 3.35. The summed E-state index contributed by atoms with van der Waals surface area (Å²) in [5, 5.41) is 4.49. The van der Waals surface area contributed by atoms with Crippen LogP contribution in [0.4, 0.5) is 0 Å². The number of nitrogens with zero attached hydrogens (tertiary/aromatic N) is 1. The summed E-state index contributed by atoms with van der Waals surface area (Å²) in [5.41, 5.74) is 0. The van der Waals surface area contributed by atoms with Crippen LogP contribution >= 0.6 is 11.3 Å². The van der Waals surface area contributed by atoms with E-state index >= 15 is 0 Å². The SMILES string of the molecule is CCOC(C)c1ncc(CNCC(C)C)s1. The zero-order chi connectivity index (χ0) is 12.0. The largest absolute Gasteiger partial charge is 0.372 e. The lowest BCUT2D eigenvalue weighted by Gasteiger charge is -2.07. The molecule has 1 heterocycles.